The van der Waals surface area contributed by atoms with Crippen molar-refractivity contribution in [3.63, 3.8) is 0 Å². The van der Waals surface area contributed by atoms with Gasteiger partial charge in [0.25, 0.3) is 0 Å². The summed E-state index contributed by atoms with van der Waals surface area (Å²) in [5.74, 6) is -1.23. The van der Waals surface area contributed by atoms with Gasteiger partial charge in [0, 0.05) is 46.7 Å². The maximum absolute atomic E-state index is 12.6. The van der Waals surface area contributed by atoms with E-state index in [9.17, 15) is 14.4 Å². The van der Waals surface area contributed by atoms with E-state index in [0.717, 1.165) is 27.9 Å². The third-order valence-electron chi connectivity index (χ3n) is 5.05. The molecule has 0 unspecified atom stereocenters. The minimum Gasteiger partial charge on any atom is -0.469 e. The molecule has 0 atom stereocenters. The van der Waals surface area contributed by atoms with Gasteiger partial charge in [-0.1, -0.05) is 24.3 Å². The molecule has 0 N–H and O–H groups in total. The zero-order valence-electron chi connectivity index (χ0n) is 17.8. The summed E-state index contributed by atoms with van der Waals surface area (Å²) < 4.78 is 11.7. The van der Waals surface area contributed by atoms with Crippen molar-refractivity contribution in [1.82, 2.24) is 9.55 Å². The number of benzene rings is 1. The average Bonchev–Trinajstić information content (AvgIpc) is 3.07. The van der Waals surface area contributed by atoms with Crippen LogP contribution in [0.4, 0.5) is 0 Å². The molecule has 1 aromatic carbocycles. The van der Waals surface area contributed by atoms with Crippen LogP contribution in [0.3, 0.4) is 0 Å². The van der Waals surface area contributed by atoms with Gasteiger partial charge in [-0.15, -0.1) is 0 Å². The Kier molecular flexibility index (Phi) is 6.97. The van der Waals surface area contributed by atoms with Gasteiger partial charge in [0.15, 0.2) is 6.61 Å². The number of pyridine rings is 1. The van der Waals surface area contributed by atoms with Gasteiger partial charge < -0.3 is 14.0 Å². The second kappa shape index (κ2) is 9.84. The number of fused-ring (bicyclic) bond motifs is 1. The number of nitrogens with zero attached hydrogens (tertiary/aromatic N) is 2. The van der Waals surface area contributed by atoms with Crippen LogP contribution >= 0.6 is 0 Å². The lowest BCUT2D eigenvalue weighted by Gasteiger charge is -2.09. The molecule has 0 saturated heterocycles. The number of ether oxygens (including phenoxy) is 2. The smallest absolute Gasteiger partial charge is 0.331 e. The standard InChI is InChI=1S/C24H24N2O5/c1-16-14-20(17(2)26(16)13-11-22(28)30-3)21(27)15-31-23(29)10-9-19-7-4-6-18-8-5-12-25-24(18)19/h4-10,12,14H,11,13,15H2,1-3H3/b10-9+. The molecule has 0 saturated carbocycles. The molecular formula is C24H24N2O5. The highest BCUT2D eigenvalue weighted by Crippen LogP contribution is 2.18. The molecule has 3 aromatic rings. The summed E-state index contributed by atoms with van der Waals surface area (Å²) in [4.78, 5) is 40.4. The number of esters is 2. The van der Waals surface area contributed by atoms with Crippen molar-refractivity contribution < 1.29 is 23.9 Å². The Labute approximate surface area is 180 Å². The monoisotopic (exact) mass is 420 g/mol. The third-order valence-corrected chi connectivity index (χ3v) is 5.05. The highest BCUT2D eigenvalue weighted by Gasteiger charge is 2.17. The number of Topliss-reactive ketones (excluding diaryl/α,β-unsaturated/α-hetero) is 1. The number of aromatic nitrogens is 2. The molecule has 0 fully saturated rings. The molecule has 0 spiro atoms. The lowest BCUT2D eigenvalue weighted by molar-refractivity contribution is -0.141. The largest absolute Gasteiger partial charge is 0.469 e. The highest BCUT2D eigenvalue weighted by atomic mass is 16.5. The molecule has 160 valence electrons. The van der Waals surface area contributed by atoms with Crippen LogP contribution in [0.2, 0.25) is 0 Å². The van der Waals surface area contributed by atoms with Gasteiger partial charge in [0.05, 0.1) is 19.0 Å². The van der Waals surface area contributed by atoms with Crippen molar-refractivity contribution in [1.29, 1.82) is 0 Å². The fourth-order valence-corrected chi connectivity index (χ4v) is 3.42. The van der Waals surface area contributed by atoms with Gasteiger partial charge in [0.2, 0.25) is 5.78 Å². The number of ketones is 1. The fourth-order valence-electron chi connectivity index (χ4n) is 3.42. The summed E-state index contributed by atoms with van der Waals surface area (Å²) in [6, 6.07) is 11.2. The maximum Gasteiger partial charge on any atom is 0.331 e. The van der Waals surface area contributed by atoms with Crippen LogP contribution in [-0.4, -0.2) is 41.0 Å². The Balaban J connectivity index is 1.62. The number of aryl methyl sites for hydroxylation is 1. The molecule has 2 heterocycles. The Morgan fingerprint density at radius 2 is 1.90 bits per heavy atom. The first-order valence-electron chi connectivity index (χ1n) is 9.86. The summed E-state index contributed by atoms with van der Waals surface area (Å²) in [6.45, 7) is 3.71. The quantitative estimate of drug-likeness (QED) is 0.314. The molecule has 7 heteroatoms. The summed E-state index contributed by atoms with van der Waals surface area (Å²) in [6.07, 6.45) is 4.82. The minimum absolute atomic E-state index is 0.212. The molecular weight excluding hydrogens is 396 g/mol. The van der Waals surface area contributed by atoms with E-state index in [1.54, 1.807) is 25.3 Å². The zero-order chi connectivity index (χ0) is 22.4. The van der Waals surface area contributed by atoms with Crippen LogP contribution in [0.1, 0.15) is 33.7 Å². The third kappa shape index (κ3) is 5.25. The van der Waals surface area contributed by atoms with E-state index < -0.39 is 5.97 Å². The van der Waals surface area contributed by atoms with Crippen LogP contribution in [0, 0.1) is 13.8 Å². The predicted octanol–water partition coefficient (Wildman–Crippen LogP) is 3.66. The number of carbonyl (C=O) groups excluding carboxylic acids is 3. The van der Waals surface area contributed by atoms with E-state index in [1.165, 1.54) is 13.2 Å². The summed E-state index contributed by atoms with van der Waals surface area (Å²) >= 11 is 0. The zero-order valence-corrected chi connectivity index (χ0v) is 17.8. The van der Waals surface area contributed by atoms with Crippen molar-refractivity contribution in [3.8, 4) is 0 Å². The van der Waals surface area contributed by atoms with Crippen LogP contribution in [-0.2, 0) is 25.6 Å². The van der Waals surface area contributed by atoms with Gasteiger partial charge in [0.1, 0.15) is 0 Å². The predicted molar refractivity (Wildman–Crippen MR) is 117 cm³/mol. The van der Waals surface area contributed by atoms with Crippen LogP contribution < -0.4 is 0 Å². The first kappa shape index (κ1) is 22.0. The molecule has 0 aliphatic rings. The Morgan fingerprint density at radius 3 is 2.68 bits per heavy atom. The molecule has 0 aliphatic heterocycles. The molecule has 0 amide bonds. The second-order valence-electron chi connectivity index (χ2n) is 7.05. The molecule has 0 radical (unpaired) electrons. The van der Waals surface area contributed by atoms with E-state index in [-0.39, 0.29) is 24.8 Å². The van der Waals surface area contributed by atoms with Crippen molar-refractivity contribution in [2.24, 2.45) is 0 Å². The number of hydrogen-bond acceptors (Lipinski definition) is 6. The number of carbonyl (C=O) groups is 3. The van der Waals surface area contributed by atoms with Crippen molar-refractivity contribution in [3.05, 3.63) is 71.2 Å². The summed E-state index contributed by atoms with van der Waals surface area (Å²) in [5, 5.41) is 0.968. The lowest BCUT2D eigenvalue weighted by Crippen LogP contribution is -2.14. The van der Waals surface area contributed by atoms with Crippen LogP contribution in [0.25, 0.3) is 17.0 Å². The van der Waals surface area contributed by atoms with E-state index in [0.29, 0.717) is 12.1 Å². The van der Waals surface area contributed by atoms with Crippen molar-refractivity contribution >= 4 is 34.7 Å². The van der Waals surface area contributed by atoms with E-state index in [1.807, 2.05) is 41.8 Å². The van der Waals surface area contributed by atoms with Crippen LogP contribution in [0.15, 0.2) is 48.7 Å². The fraction of sp³-hybridized carbons (Fsp3) is 0.250. The first-order valence-corrected chi connectivity index (χ1v) is 9.86. The lowest BCUT2D eigenvalue weighted by atomic mass is 10.1. The Bertz CT molecular complexity index is 1150. The number of hydrogen-bond donors (Lipinski definition) is 0. The van der Waals surface area contributed by atoms with Gasteiger partial charge in [-0.2, -0.15) is 0 Å². The van der Waals surface area contributed by atoms with E-state index >= 15 is 0 Å². The van der Waals surface area contributed by atoms with Crippen molar-refractivity contribution in [2.75, 3.05) is 13.7 Å². The normalized spacial score (nSPS) is 11.1. The SMILES string of the molecule is COC(=O)CCn1c(C)cc(C(=O)COC(=O)/C=C/c2cccc3cccnc23)c1C. The maximum atomic E-state index is 12.6. The Morgan fingerprint density at radius 1 is 1.13 bits per heavy atom. The van der Waals surface area contributed by atoms with Gasteiger partial charge in [-0.25, -0.2) is 4.79 Å². The molecule has 2 aromatic heterocycles. The number of rotatable bonds is 8. The average molecular weight is 420 g/mol. The molecule has 0 aliphatic carbocycles. The summed E-state index contributed by atoms with van der Waals surface area (Å²) in [7, 11) is 1.34. The van der Waals surface area contributed by atoms with Crippen molar-refractivity contribution in [2.45, 2.75) is 26.8 Å². The molecule has 3 rings (SSSR count). The van der Waals surface area contributed by atoms with E-state index in [4.69, 9.17) is 4.74 Å². The topological polar surface area (TPSA) is 87.5 Å². The molecule has 7 nitrogen and oxygen atoms in total. The van der Waals surface area contributed by atoms with Crippen LogP contribution in [0.5, 0.6) is 0 Å². The number of methoxy groups -OCH3 is 1. The second-order valence-corrected chi connectivity index (χ2v) is 7.05. The number of para-hydroxylation sites is 1. The first-order chi connectivity index (χ1) is 14.9. The summed E-state index contributed by atoms with van der Waals surface area (Å²) in [5.41, 5.74) is 3.61. The Hall–Kier alpha value is -3.74. The van der Waals surface area contributed by atoms with Gasteiger partial charge >= 0.3 is 11.9 Å². The highest BCUT2D eigenvalue weighted by molar-refractivity contribution is 6.00. The van der Waals surface area contributed by atoms with Gasteiger partial charge in [-0.05, 0) is 32.1 Å². The molecule has 31 heavy (non-hydrogen) atoms. The van der Waals surface area contributed by atoms with Gasteiger partial charge in [-0.3, -0.25) is 14.6 Å². The minimum atomic E-state index is -0.610. The molecule has 0 bridgehead atoms. The van der Waals surface area contributed by atoms with E-state index in [2.05, 4.69) is 9.72 Å².